The molecule has 0 atom stereocenters. The lowest BCUT2D eigenvalue weighted by atomic mass is 10.0. The quantitative estimate of drug-likeness (QED) is 0.933. The van der Waals surface area contributed by atoms with Crippen LogP contribution in [0.2, 0.25) is 0 Å². The van der Waals surface area contributed by atoms with Crippen LogP contribution < -0.4 is 0 Å². The van der Waals surface area contributed by atoms with E-state index in [1.165, 1.54) is 11.1 Å². The topological polar surface area (TPSA) is 70.5 Å². The van der Waals surface area contributed by atoms with E-state index < -0.39 is 5.97 Å². The summed E-state index contributed by atoms with van der Waals surface area (Å²) >= 11 is 0. The van der Waals surface area contributed by atoms with Crippen LogP contribution in [0.5, 0.6) is 0 Å². The van der Waals surface area contributed by atoms with E-state index in [0.717, 1.165) is 11.1 Å². The van der Waals surface area contributed by atoms with E-state index in [4.69, 9.17) is 5.11 Å². The van der Waals surface area contributed by atoms with Gasteiger partial charge in [0.2, 0.25) is 0 Å². The largest absolute Gasteiger partial charge is 0.481 e. The molecule has 0 fully saturated rings. The summed E-state index contributed by atoms with van der Waals surface area (Å²) in [4.78, 5) is 28.3. The van der Waals surface area contributed by atoms with Crippen molar-refractivity contribution in [2.24, 2.45) is 0 Å². The number of nitrogens with zero attached hydrogens (tertiary/aromatic N) is 2. The molecule has 0 aliphatic carbocycles. The van der Waals surface area contributed by atoms with Crippen LogP contribution >= 0.6 is 0 Å². The number of hydrogen-bond donors (Lipinski definition) is 1. The Labute approximate surface area is 122 Å². The smallest absolute Gasteiger partial charge is 0.307 e. The van der Waals surface area contributed by atoms with Crippen molar-refractivity contribution < 1.29 is 14.7 Å². The van der Waals surface area contributed by atoms with Gasteiger partial charge in [-0.05, 0) is 17.2 Å². The molecule has 2 rings (SSSR count). The zero-order valence-corrected chi connectivity index (χ0v) is 11.9. The molecule has 0 aliphatic rings. The lowest BCUT2D eigenvalue weighted by Gasteiger charge is -2.11. The Bertz CT molecular complexity index is 681. The average Bonchev–Trinajstić information content (AvgIpc) is 2.46. The van der Waals surface area contributed by atoms with Crippen molar-refractivity contribution in [3.63, 3.8) is 0 Å². The fourth-order valence-electron chi connectivity index (χ4n) is 2.01. The summed E-state index contributed by atoms with van der Waals surface area (Å²) < 4.78 is 0. The van der Waals surface area contributed by atoms with Crippen LogP contribution in [-0.4, -0.2) is 41.0 Å². The van der Waals surface area contributed by atoms with Gasteiger partial charge in [0.1, 0.15) is 0 Å². The number of benzene rings is 1. The van der Waals surface area contributed by atoms with Gasteiger partial charge in [0, 0.05) is 32.1 Å². The third kappa shape index (κ3) is 3.66. The summed E-state index contributed by atoms with van der Waals surface area (Å²) in [5.74, 6) is -0.993. The molecular formula is C16H16N2O3. The zero-order valence-electron chi connectivity index (χ0n) is 11.9. The van der Waals surface area contributed by atoms with E-state index in [-0.39, 0.29) is 12.3 Å². The maximum atomic E-state index is 11.9. The van der Waals surface area contributed by atoms with Crippen molar-refractivity contribution in [1.82, 2.24) is 9.88 Å². The van der Waals surface area contributed by atoms with Gasteiger partial charge in [0.15, 0.2) is 0 Å². The second-order valence-corrected chi connectivity index (χ2v) is 4.93. The number of amides is 1. The highest BCUT2D eigenvalue weighted by atomic mass is 16.4. The molecule has 5 heteroatoms. The number of aromatic nitrogens is 1. The van der Waals surface area contributed by atoms with Gasteiger partial charge in [-0.2, -0.15) is 0 Å². The first-order chi connectivity index (χ1) is 9.97. The van der Waals surface area contributed by atoms with E-state index in [1.807, 2.05) is 6.07 Å². The molecule has 1 aromatic heterocycles. The summed E-state index contributed by atoms with van der Waals surface area (Å²) in [6.07, 6.45) is 3.15. The van der Waals surface area contributed by atoms with Crippen LogP contribution in [0, 0.1) is 0 Å². The molecule has 1 heterocycles. The highest BCUT2D eigenvalue weighted by Crippen LogP contribution is 2.21. The number of carboxylic acid groups (broad SMARTS) is 1. The second kappa shape index (κ2) is 6.17. The van der Waals surface area contributed by atoms with Crippen LogP contribution in [0.4, 0.5) is 0 Å². The predicted octanol–water partition coefficient (Wildman–Crippen LogP) is 2.08. The van der Waals surface area contributed by atoms with Crippen molar-refractivity contribution in [2.45, 2.75) is 6.42 Å². The highest BCUT2D eigenvalue weighted by molar-refractivity contribution is 5.94. The number of aliphatic carboxylic acids is 1. The van der Waals surface area contributed by atoms with Gasteiger partial charge >= 0.3 is 5.97 Å². The molecule has 2 aromatic rings. The van der Waals surface area contributed by atoms with E-state index in [0.29, 0.717) is 11.1 Å². The molecule has 0 unspecified atom stereocenters. The third-order valence-corrected chi connectivity index (χ3v) is 3.01. The monoisotopic (exact) mass is 284 g/mol. The van der Waals surface area contributed by atoms with Gasteiger partial charge in [-0.3, -0.25) is 14.6 Å². The van der Waals surface area contributed by atoms with Crippen LogP contribution in [0.1, 0.15) is 15.9 Å². The van der Waals surface area contributed by atoms with Crippen molar-refractivity contribution in [3.8, 4) is 11.1 Å². The van der Waals surface area contributed by atoms with Crippen LogP contribution in [0.15, 0.2) is 42.7 Å². The predicted molar refractivity (Wildman–Crippen MR) is 79.0 cm³/mol. The Morgan fingerprint density at radius 3 is 2.57 bits per heavy atom. The summed E-state index contributed by atoms with van der Waals surface area (Å²) in [5.41, 5.74) is 2.84. The molecule has 0 bridgehead atoms. The number of pyridine rings is 1. The molecule has 0 spiro atoms. The Kier molecular flexibility index (Phi) is 4.33. The van der Waals surface area contributed by atoms with Gasteiger partial charge in [0.05, 0.1) is 12.0 Å². The van der Waals surface area contributed by atoms with Crippen LogP contribution in [-0.2, 0) is 11.2 Å². The number of carbonyl (C=O) groups excluding carboxylic acids is 1. The standard InChI is InChI=1S/C16H16N2O3/c1-18(2)16(21)14-8-13(9-17-10-14)12-5-3-4-11(6-12)7-15(19)20/h3-6,8-10H,7H2,1-2H3,(H,19,20). The lowest BCUT2D eigenvalue weighted by molar-refractivity contribution is -0.136. The zero-order chi connectivity index (χ0) is 15.4. The Morgan fingerprint density at radius 1 is 1.14 bits per heavy atom. The first kappa shape index (κ1) is 14.7. The van der Waals surface area contributed by atoms with Crippen molar-refractivity contribution in [3.05, 3.63) is 53.9 Å². The summed E-state index contributed by atoms with van der Waals surface area (Å²) in [7, 11) is 3.37. The van der Waals surface area contributed by atoms with E-state index in [2.05, 4.69) is 4.98 Å². The number of rotatable bonds is 4. The lowest BCUT2D eigenvalue weighted by Crippen LogP contribution is -2.21. The molecule has 21 heavy (non-hydrogen) atoms. The van der Waals surface area contributed by atoms with Crippen molar-refractivity contribution >= 4 is 11.9 Å². The molecule has 0 radical (unpaired) electrons. The van der Waals surface area contributed by atoms with Crippen molar-refractivity contribution in [1.29, 1.82) is 0 Å². The van der Waals surface area contributed by atoms with E-state index in [9.17, 15) is 9.59 Å². The van der Waals surface area contributed by atoms with Gasteiger partial charge < -0.3 is 10.0 Å². The third-order valence-electron chi connectivity index (χ3n) is 3.01. The molecule has 0 saturated carbocycles. The normalized spacial score (nSPS) is 10.2. The summed E-state index contributed by atoms with van der Waals surface area (Å²) in [6, 6.07) is 8.99. The van der Waals surface area contributed by atoms with E-state index in [1.54, 1.807) is 44.6 Å². The maximum absolute atomic E-state index is 11.9. The average molecular weight is 284 g/mol. The first-order valence-corrected chi connectivity index (χ1v) is 6.45. The minimum Gasteiger partial charge on any atom is -0.481 e. The number of carboxylic acids is 1. The van der Waals surface area contributed by atoms with Gasteiger partial charge in [-0.25, -0.2) is 0 Å². The maximum Gasteiger partial charge on any atom is 0.307 e. The molecule has 0 aliphatic heterocycles. The Balaban J connectivity index is 2.36. The minimum absolute atomic E-state index is 0.0302. The molecule has 1 N–H and O–H groups in total. The molecular weight excluding hydrogens is 268 g/mol. The number of carbonyl (C=O) groups is 2. The second-order valence-electron chi connectivity index (χ2n) is 4.93. The van der Waals surface area contributed by atoms with Gasteiger partial charge in [-0.15, -0.1) is 0 Å². The van der Waals surface area contributed by atoms with Gasteiger partial charge in [-0.1, -0.05) is 24.3 Å². The summed E-state index contributed by atoms with van der Waals surface area (Å²) in [5, 5.41) is 8.84. The Morgan fingerprint density at radius 2 is 1.90 bits per heavy atom. The van der Waals surface area contributed by atoms with Crippen LogP contribution in [0.3, 0.4) is 0 Å². The molecule has 108 valence electrons. The first-order valence-electron chi connectivity index (χ1n) is 6.45. The molecule has 0 saturated heterocycles. The summed E-state index contributed by atoms with van der Waals surface area (Å²) in [6.45, 7) is 0. The number of hydrogen-bond acceptors (Lipinski definition) is 3. The molecule has 5 nitrogen and oxygen atoms in total. The minimum atomic E-state index is -0.873. The Hall–Kier alpha value is -2.69. The SMILES string of the molecule is CN(C)C(=O)c1cncc(-c2cccc(CC(=O)O)c2)c1. The molecule has 1 aromatic carbocycles. The fourth-order valence-corrected chi connectivity index (χ4v) is 2.01. The van der Waals surface area contributed by atoms with Crippen LogP contribution in [0.25, 0.3) is 11.1 Å². The van der Waals surface area contributed by atoms with E-state index >= 15 is 0 Å². The molecule has 1 amide bonds. The highest BCUT2D eigenvalue weighted by Gasteiger charge is 2.10. The fraction of sp³-hybridized carbons (Fsp3) is 0.188. The van der Waals surface area contributed by atoms with Gasteiger partial charge in [0.25, 0.3) is 5.91 Å². The van der Waals surface area contributed by atoms with Crippen molar-refractivity contribution in [2.75, 3.05) is 14.1 Å².